The van der Waals surface area contributed by atoms with E-state index in [9.17, 15) is 13.2 Å². The molecule has 1 aliphatic rings. The molecule has 6 heteroatoms. The number of para-hydroxylation sites is 1. The molecule has 0 amide bonds. The average molecular weight is 287 g/mol. The number of nitrogens with two attached hydrogens (primary N) is 1. The van der Waals surface area contributed by atoms with E-state index in [1.807, 2.05) is 35.2 Å². The molecule has 1 fully saturated rings. The average Bonchev–Trinajstić information content (AvgIpc) is 2.45. The van der Waals surface area contributed by atoms with Gasteiger partial charge in [-0.3, -0.25) is 4.90 Å². The van der Waals surface area contributed by atoms with Crippen LogP contribution in [0.4, 0.5) is 18.9 Å². The van der Waals surface area contributed by atoms with Crippen LogP contribution in [0.25, 0.3) is 0 Å². The SMILES string of the molecule is NCC(CN1CCN(c2ccccc2)CC1)C(F)(F)F. The zero-order valence-electron chi connectivity index (χ0n) is 11.3. The molecule has 0 aliphatic carbocycles. The van der Waals surface area contributed by atoms with E-state index in [1.165, 1.54) is 0 Å². The normalized spacial score (nSPS) is 19.1. The third kappa shape index (κ3) is 3.86. The van der Waals surface area contributed by atoms with E-state index in [4.69, 9.17) is 5.73 Å². The van der Waals surface area contributed by atoms with Gasteiger partial charge < -0.3 is 10.6 Å². The molecule has 0 bridgehead atoms. The zero-order chi connectivity index (χ0) is 14.6. The van der Waals surface area contributed by atoms with Gasteiger partial charge in [-0.15, -0.1) is 0 Å². The van der Waals surface area contributed by atoms with Gasteiger partial charge >= 0.3 is 6.18 Å². The summed E-state index contributed by atoms with van der Waals surface area (Å²) in [6, 6.07) is 9.93. The number of anilines is 1. The Morgan fingerprint density at radius 3 is 2.15 bits per heavy atom. The van der Waals surface area contributed by atoms with Crippen molar-refractivity contribution >= 4 is 5.69 Å². The molecule has 1 saturated heterocycles. The Balaban J connectivity index is 1.85. The molecule has 1 heterocycles. The summed E-state index contributed by atoms with van der Waals surface area (Å²) in [4.78, 5) is 4.05. The lowest BCUT2D eigenvalue weighted by Gasteiger charge is -2.37. The summed E-state index contributed by atoms with van der Waals surface area (Å²) in [5, 5.41) is 0. The van der Waals surface area contributed by atoms with Crippen LogP contribution in [0, 0.1) is 5.92 Å². The molecule has 0 radical (unpaired) electrons. The fourth-order valence-corrected chi connectivity index (χ4v) is 2.45. The van der Waals surface area contributed by atoms with E-state index in [-0.39, 0.29) is 13.1 Å². The molecular weight excluding hydrogens is 267 g/mol. The topological polar surface area (TPSA) is 32.5 Å². The second-order valence-corrected chi connectivity index (χ2v) is 5.10. The minimum absolute atomic E-state index is 0.00261. The van der Waals surface area contributed by atoms with Crippen LogP contribution >= 0.6 is 0 Å². The third-order valence-corrected chi connectivity index (χ3v) is 3.72. The maximum atomic E-state index is 12.7. The van der Waals surface area contributed by atoms with Crippen molar-refractivity contribution in [1.82, 2.24) is 4.90 Å². The largest absolute Gasteiger partial charge is 0.394 e. The summed E-state index contributed by atoms with van der Waals surface area (Å²) in [5.74, 6) is -1.43. The summed E-state index contributed by atoms with van der Waals surface area (Å²) >= 11 is 0. The minimum Gasteiger partial charge on any atom is -0.369 e. The molecule has 1 unspecified atom stereocenters. The van der Waals surface area contributed by atoms with Crippen molar-refractivity contribution < 1.29 is 13.2 Å². The van der Waals surface area contributed by atoms with Crippen LogP contribution in [0.15, 0.2) is 30.3 Å². The fourth-order valence-electron chi connectivity index (χ4n) is 2.45. The molecule has 1 aromatic carbocycles. The van der Waals surface area contributed by atoms with Gasteiger partial charge in [0, 0.05) is 45.0 Å². The lowest BCUT2D eigenvalue weighted by molar-refractivity contribution is -0.176. The van der Waals surface area contributed by atoms with Crippen molar-refractivity contribution in [3.05, 3.63) is 30.3 Å². The predicted octanol–water partition coefficient (Wildman–Crippen LogP) is 1.95. The quantitative estimate of drug-likeness (QED) is 0.918. The fraction of sp³-hybridized carbons (Fsp3) is 0.571. The Bertz CT molecular complexity index is 400. The number of piperazine rings is 1. The summed E-state index contributed by atoms with van der Waals surface area (Å²) in [5.41, 5.74) is 6.36. The number of hydrogen-bond donors (Lipinski definition) is 1. The number of benzene rings is 1. The van der Waals surface area contributed by atoms with E-state index in [1.54, 1.807) is 0 Å². The highest BCUT2D eigenvalue weighted by Gasteiger charge is 2.39. The Labute approximate surface area is 117 Å². The maximum absolute atomic E-state index is 12.7. The maximum Gasteiger partial charge on any atom is 0.394 e. The lowest BCUT2D eigenvalue weighted by Crippen LogP contribution is -2.50. The van der Waals surface area contributed by atoms with E-state index < -0.39 is 12.1 Å². The second kappa shape index (κ2) is 6.45. The molecule has 0 spiro atoms. The van der Waals surface area contributed by atoms with Crippen LogP contribution < -0.4 is 10.6 Å². The Morgan fingerprint density at radius 2 is 1.65 bits per heavy atom. The van der Waals surface area contributed by atoms with Gasteiger partial charge in [0.2, 0.25) is 0 Å². The van der Waals surface area contributed by atoms with Crippen LogP contribution in [-0.2, 0) is 0 Å². The van der Waals surface area contributed by atoms with Gasteiger partial charge in [0.1, 0.15) is 0 Å². The van der Waals surface area contributed by atoms with Gasteiger partial charge in [0.05, 0.1) is 5.92 Å². The molecule has 1 aromatic rings. The van der Waals surface area contributed by atoms with Crippen molar-refractivity contribution in [1.29, 1.82) is 0 Å². The standard InChI is InChI=1S/C14H20F3N3/c15-14(16,17)12(10-18)11-19-6-8-20(9-7-19)13-4-2-1-3-5-13/h1-5,12H,6-11,18H2. The highest BCUT2D eigenvalue weighted by Crippen LogP contribution is 2.26. The molecule has 1 atom stereocenters. The Morgan fingerprint density at radius 1 is 1.05 bits per heavy atom. The van der Waals surface area contributed by atoms with Gasteiger partial charge in [0.15, 0.2) is 0 Å². The van der Waals surface area contributed by atoms with Crippen molar-refractivity contribution in [2.75, 3.05) is 44.2 Å². The molecule has 0 aromatic heterocycles. The Hall–Kier alpha value is -1.27. The van der Waals surface area contributed by atoms with Crippen molar-refractivity contribution in [2.45, 2.75) is 6.18 Å². The number of hydrogen-bond acceptors (Lipinski definition) is 3. The first-order chi connectivity index (χ1) is 9.50. The zero-order valence-corrected chi connectivity index (χ0v) is 11.3. The molecule has 2 rings (SSSR count). The number of halogens is 3. The second-order valence-electron chi connectivity index (χ2n) is 5.10. The van der Waals surface area contributed by atoms with Crippen LogP contribution in [-0.4, -0.2) is 50.3 Å². The first-order valence-electron chi connectivity index (χ1n) is 6.80. The van der Waals surface area contributed by atoms with Gasteiger partial charge in [-0.05, 0) is 12.1 Å². The van der Waals surface area contributed by atoms with Gasteiger partial charge in [-0.25, -0.2) is 0 Å². The smallest absolute Gasteiger partial charge is 0.369 e. The van der Waals surface area contributed by atoms with Crippen LogP contribution in [0.2, 0.25) is 0 Å². The van der Waals surface area contributed by atoms with Gasteiger partial charge in [-0.2, -0.15) is 13.2 Å². The van der Waals surface area contributed by atoms with Crippen molar-refractivity contribution in [3.8, 4) is 0 Å². The summed E-state index contributed by atoms with van der Waals surface area (Å²) < 4.78 is 38.1. The molecule has 2 N–H and O–H groups in total. The van der Waals surface area contributed by atoms with Crippen molar-refractivity contribution in [3.63, 3.8) is 0 Å². The van der Waals surface area contributed by atoms with Crippen LogP contribution in [0.1, 0.15) is 0 Å². The van der Waals surface area contributed by atoms with Crippen LogP contribution in [0.3, 0.4) is 0 Å². The number of rotatable bonds is 4. The predicted molar refractivity (Wildman–Crippen MR) is 73.7 cm³/mol. The highest BCUT2D eigenvalue weighted by molar-refractivity contribution is 5.46. The number of alkyl halides is 3. The van der Waals surface area contributed by atoms with E-state index >= 15 is 0 Å². The molecule has 0 saturated carbocycles. The first-order valence-corrected chi connectivity index (χ1v) is 6.80. The van der Waals surface area contributed by atoms with Crippen LogP contribution in [0.5, 0.6) is 0 Å². The molecule has 20 heavy (non-hydrogen) atoms. The summed E-state index contributed by atoms with van der Waals surface area (Å²) in [6.45, 7) is 2.44. The monoisotopic (exact) mass is 287 g/mol. The molecule has 1 aliphatic heterocycles. The van der Waals surface area contributed by atoms with Gasteiger partial charge in [-0.1, -0.05) is 18.2 Å². The molecule has 3 nitrogen and oxygen atoms in total. The summed E-state index contributed by atoms with van der Waals surface area (Å²) in [6.07, 6.45) is -4.20. The van der Waals surface area contributed by atoms with E-state index in [0.29, 0.717) is 13.1 Å². The number of nitrogens with zero attached hydrogens (tertiary/aromatic N) is 2. The van der Waals surface area contributed by atoms with E-state index in [2.05, 4.69) is 4.90 Å². The van der Waals surface area contributed by atoms with Gasteiger partial charge in [0.25, 0.3) is 0 Å². The van der Waals surface area contributed by atoms with E-state index in [0.717, 1.165) is 18.8 Å². The first kappa shape index (κ1) is 15.1. The third-order valence-electron chi connectivity index (χ3n) is 3.72. The minimum atomic E-state index is -4.20. The van der Waals surface area contributed by atoms with Crippen molar-refractivity contribution in [2.24, 2.45) is 11.7 Å². The summed E-state index contributed by atoms with van der Waals surface area (Å²) in [7, 11) is 0. The lowest BCUT2D eigenvalue weighted by atomic mass is 10.1. The molecule has 112 valence electrons. The molecular formula is C14H20F3N3. The highest BCUT2D eigenvalue weighted by atomic mass is 19.4. The Kier molecular flexibility index (Phi) is 4.88.